The number of rotatable bonds is 2. The topological polar surface area (TPSA) is 51.6 Å². The first-order valence-electron chi connectivity index (χ1n) is 10.9. The predicted molar refractivity (Wildman–Crippen MR) is 132 cm³/mol. The zero-order chi connectivity index (χ0) is 23.2. The molecule has 1 radical (unpaired) electrons. The second-order valence-corrected chi connectivity index (χ2v) is 9.81. The van der Waals surface area contributed by atoms with Gasteiger partial charge < -0.3 is 0 Å². The molecule has 0 amide bonds. The van der Waals surface area contributed by atoms with Gasteiger partial charge in [-0.3, -0.25) is 0 Å². The fourth-order valence-electron chi connectivity index (χ4n) is 3.07. The Morgan fingerprint density at radius 3 is 1.12 bits per heavy atom. The quantitative estimate of drug-likeness (QED) is 0.268. The van der Waals surface area contributed by atoms with Crippen molar-refractivity contribution in [3.05, 3.63) is 96.8 Å². The summed E-state index contributed by atoms with van der Waals surface area (Å²) < 4.78 is 0. The second-order valence-electron chi connectivity index (χ2n) is 9.81. The zero-order valence-corrected chi connectivity index (χ0v) is 22.0. The van der Waals surface area contributed by atoms with E-state index in [1.807, 2.05) is 36.4 Å². The van der Waals surface area contributed by atoms with Gasteiger partial charge in [-0.2, -0.15) is 0 Å². The molecule has 0 atom stereocenters. The van der Waals surface area contributed by atoms with E-state index in [9.17, 15) is 0 Å². The SMILES string of the molecule is CC(C)(C)c1cc(-c2ccccc2)ncn1.CC(C)(C)c1cc(-c2ccccc2)ncn1.[Ru+3]. The third-order valence-corrected chi connectivity index (χ3v) is 5.01. The van der Waals surface area contributed by atoms with Crippen LogP contribution in [0.4, 0.5) is 0 Å². The molecule has 33 heavy (non-hydrogen) atoms. The van der Waals surface area contributed by atoms with E-state index < -0.39 is 0 Å². The van der Waals surface area contributed by atoms with E-state index in [2.05, 4.69) is 97.9 Å². The van der Waals surface area contributed by atoms with Crippen LogP contribution in [-0.2, 0) is 30.3 Å². The molecule has 0 fully saturated rings. The van der Waals surface area contributed by atoms with E-state index in [4.69, 9.17) is 0 Å². The van der Waals surface area contributed by atoms with Gasteiger partial charge in [-0.15, -0.1) is 0 Å². The Morgan fingerprint density at radius 2 is 0.818 bits per heavy atom. The summed E-state index contributed by atoms with van der Waals surface area (Å²) in [6, 6.07) is 24.5. The molecule has 0 aliphatic rings. The standard InChI is InChI=1S/2C14H16N2.Ru/c2*1-14(2,3)13-9-12(15-10-16-13)11-7-5-4-6-8-11;/h2*4-10H,1-3H3;/q;;+3. The minimum Gasteiger partial charge on any atom is -0.241 e. The summed E-state index contributed by atoms with van der Waals surface area (Å²) >= 11 is 0. The summed E-state index contributed by atoms with van der Waals surface area (Å²) in [5.74, 6) is 0. The molecule has 0 unspecified atom stereocenters. The molecule has 2 aromatic carbocycles. The minimum atomic E-state index is 0. The van der Waals surface area contributed by atoms with E-state index in [-0.39, 0.29) is 30.3 Å². The van der Waals surface area contributed by atoms with Crippen LogP contribution < -0.4 is 0 Å². The van der Waals surface area contributed by atoms with Crippen molar-refractivity contribution >= 4 is 0 Å². The normalized spacial score (nSPS) is 11.1. The molecular formula is C28H32N4Ru+3. The van der Waals surface area contributed by atoms with E-state index in [0.717, 1.165) is 33.9 Å². The van der Waals surface area contributed by atoms with Gasteiger partial charge in [-0.05, 0) is 12.1 Å². The Bertz CT molecular complexity index is 1040. The number of hydrogen-bond acceptors (Lipinski definition) is 4. The molecule has 0 aliphatic carbocycles. The van der Waals surface area contributed by atoms with Crippen LogP contribution in [0.15, 0.2) is 85.5 Å². The van der Waals surface area contributed by atoms with Gasteiger partial charge >= 0.3 is 19.5 Å². The monoisotopic (exact) mass is 526 g/mol. The second kappa shape index (κ2) is 11.4. The number of benzene rings is 2. The van der Waals surface area contributed by atoms with Crippen LogP contribution >= 0.6 is 0 Å². The molecule has 5 heteroatoms. The summed E-state index contributed by atoms with van der Waals surface area (Å²) in [5, 5.41) is 0. The van der Waals surface area contributed by atoms with Crippen LogP contribution in [0.2, 0.25) is 0 Å². The molecular weight excluding hydrogens is 493 g/mol. The van der Waals surface area contributed by atoms with Crippen molar-refractivity contribution in [2.24, 2.45) is 0 Å². The summed E-state index contributed by atoms with van der Waals surface area (Å²) in [7, 11) is 0. The average Bonchev–Trinajstić information content (AvgIpc) is 2.80. The summed E-state index contributed by atoms with van der Waals surface area (Å²) in [6.07, 6.45) is 3.28. The van der Waals surface area contributed by atoms with Crippen LogP contribution in [0.1, 0.15) is 52.9 Å². The Kier molecular flexibility index (Phi) is 9.13. The molecule has 4 rings (SSSR count). The van der Waals surface area contributed by atoms with Crippen molar-refractivity contribution in [1.82, 2.24) is 19.9 Å². The van der Waals surface area contributed by atoms with Crippen LogP contribution in [0.25, 0.3) is 22.5 Å². The van der Waals surface area contributed by atoms with Crippen molar-refractivity contribution in [3.63, 3.8) is 0 Å². The van der Waals surface area contributed by atoms with Crippen LogP contribution in [-0.4, -0.2) is 19.9 Å². The van der Waals surface area contributed by atoms with Gasteiger partial charge in [0.05, 0.1) is 11.4 Å². The molecule has 0 saturated carbocycles. The molecule has 2 aromatic heterocycles. The number of nitrogens with zero attached hydrogens (tertiary/aromatic N) is 4. The molecule has 0 aliphatic heterocycles. The largest absolute Gasteiger partial charge is 3.00 e. The Morgan fingerprint density at radius 1 is 0.485 bits per heavy atom. The summed E-state index contributed by atoms with van der Waals surface area (Å²) in [5.41, 5.74) is 6.51. The molecule has 169 valence electrons. The van der Waals surface area contributed by atoms with Crippen molar-refractivity contribution in [1.29, 1.82) is 0 Å². The van der Waals surface area contributed by atoms with Crippen LogP contribution in [0.5, 0.6) is 0 Å². The Labute approximate surface area is 210 Å². The molecule has 0 spiro atoms. The number of aromatic nitrogens is 4. The van der Waals surface area contributed by atoms with Gasteiger partial charge in [0.15, 0.2) is 0 Å². The third kappa shape index (κ3) is 7.65. The van der Waals surface area contributed by atoms with Crippen molar-refractivity contribution in [2.45, 2.75) is 52.4 Å². The Hall–Kier alpha value is -2.78. The van der Waals surface area contributed by atoms with Gasteiger partial charge in [0.1, 0.15) is 12.7 Å². The zero-order valence-electron chi connectivity index (χ0n) is 20.2. The average molecular weight is 526 g/mol. The molecule has 2 heterocycles. The van der Waals surface area contributed by atoms with E-state index >= 15 is 0 Å². The van der Waals surface area contributed by atoms with Crippen molar-refractivity contribution < 1.29 is 19.5 Å². The molecule has 0 bridgehead atoms. The molecule has 4 aromatic rings. The summed E-state index contributed by atoms with van der Waals surface area (Å²) in [6.45, 7) is 12.9. The maximum atomic E-state index is 4.33. The van der Waals surface area contributed by atoms with Gasteiger partial charge in [0, 0.05) is 33.3 Å². The summed E-state index contributed by atoms with van der Waals surface area (Å²) in [4.78, 5) is 17.3. The van der Waals surface area contributed by atoms with Crippen molar-refractivity contribution in [2.75, 3.05) is 0 Å². The van der Waals surface area contributed by atoms with Gasteiger partial charge in [-0.1, -0.05) is 102 Å². The van der Waals surface area contributed by atoms with E-state index in [1.165, 1.54) is 0 Å². The molecule has 4 nitrogen and oxygen atoms in total. The van der Waals surface area contributed by atoms with Crippen molar-refractivity contribution in [3.8, 4) is 22.5 Å². The van der Waals surface area contributed by atoms with E-state index in [1.54, 1.807) is 12.7 Å². The Balaban J connectivity index is 0.000000227. The maximum Gasteiger partial charge on any atom is 3.00 e. The predicted octanol–water partition coefficient (Wildman–Crippen LogP) is 6.88. The van der Waals surface area contributed by atoms with Gasteiger partial charge in [0.25, 0.3) is 0 Å². The smallest absolute Gasteiger partial charge is 0.241 e. The fourth-order valence-corrected chi connectivity index (χ4v) is 3.07. The fraction of sp³-hybridized carbons (Fsp3) is 0.286. The van der Waals surface area contributed by atoms with Crippen LogP contribution in [0, 0.1) is 0 Å². The minimum absolute atomic E-state index is 0. The first kappa shape index (κ1) is 26.5. The first-order chi connectivity index (χ1) is 15.1. The first-order valence-corrected chi connectivity index (χ1v) is 10.9. The number of hydrogen-bond donors (Lipinski definition) is 0. The van der Waals surface area contributed by atoms with Gasteiger partial charge in [0.2, 0.25) is 0 Å². The van der Waals surface area contributed by atoms with Gasteiger partial charge in [-0.25, -0.2) is 19.9 Å². The maximum absolute atomic E-state index is 4.33. The molecule has 0 saturated heterocycles. The van der Waals surface area contributed by atoms with Crippen LogP contribution in [0.3, 0.4) is 0 Å². The van der Waals surface area contributed by atoms with E-state index in [0.29, 0.717) is 0 Å². The third-order valence-electron chi connectivity index (χ3n) is 5.01. The molecule has 0 N–H and O–H groups in total.